The van der Waals surface area contributed by atoms with Crippen molar-refractivity contribution in [1.82, 2.24) is 0 Å². The smallest absolute Gasteiger partial charge is 0.154 e. The Balaban J connectivity index is -0.000000113. The number of sulfone groups is 5. The minimum Gasteiger partial charge on any atom is -0.385 e. The van der Waals surface area contributed by atoms with Crippen LogP contribution in [0.15, 0.2) is 30.3 Å². The van der Waals surface area contributed by atoms with E-state index in [1.807, 2.05) is 68.5 Å². The van der Waals surface area contributed by atoms with Crippen molar-refractivity contribution >= 4 is 49.2 Å². The zero-order valence-electron chi connectivity index (χ0n) is 55.8. The van der Waals surface area contributed by atoms with E-state index in [1.54, 1.807) is 97.4 Å². The van der Waals surface area contributed by atoms with Crippen molar-refractivity contribution < 1.29 is 89.5 Å². The molecule has 2 unspecified atom stereocenters. The molecule has 25 nitrogen and oxygen atoms in total. The monoisotopic (exact) mass is 1350 g/mol. The molecule has 0 saturated heterocycles. The zero-order valence-corrected chi connectivity index (χ0v) is 59.9. The molecule has 514 valence electrons. The number of hydrogen-bond donors (Lipinski definition) is 0. The van der Waals surface area contributed by atoms with Gasteiger partial charge in [-0.15, -0.1) is 0 Å². The number of methoxy groups -OCH3 is 10. The van der Waals surface area contributed by atoms with Gasteiger partial charge in [0.2, 0.25) is 0 Å². The highest BCUT2D eigenvalue weighted by Crippen LogP contribution is 2.07. The maximum atomic E-state index is 11.6. The molecular formula is C57H111N5O20S5. The van der Waals surface area contributed by atoms with Crippen LogP contribution in [0.25, 0.3) is 0 Å². The van der Waals surface area contributed by atoms with Crippen LogP contribution in [0, 0.1) is 56.7 Å². The molecule has 0 amide bonds. The average Bonchev–Trinajstić information content (AvgIpc) is 3.60. The minimum absolute atomic E-state index is 0.0880. The van der Waals surface area contributed by atoms with Gasteiger partial charge in [-0.05, 0) is 85.6 Å². The third-order valence-corrected chi connectivity index (χ3v) is 18.4. The summed E-state index contributed by atoms with van der Waals surface area (Å²) < 4.78 is 157. The first kappa shape index (κ1) is 102. The van der Waals surface area contributed by atoms with Crippen LogP contribution >= 0.6 is 0 Å². The van der Waals surface area contributed by atoms with Crippen molar-refractivity contribution in [2.45, 2.75) is 136 Å². The summed E-state index contributed by atoms with van der Waals surface area (Å²) in [5.41, 5.74) is 0.231. The molecule has 1 aromatic carbocycles. The van der Waals surface area contributed by atoms with E-state index in [0.717, 1.165) is 5.56 Å². The van der Waals surface area contributed by atoms with E-state index >= 15 is 0 Å². The molecular weight excluding hydrogens is 1230 g/mol. The van der Waals surface area contributed by atoms with Gasteiger partial charge in [0, 0.05) is 122 Å². The first-order chi connectivity index (χ1) is 40.5. The lowest BCUT2D eigenvalue weighted by Crippen LogP contribution is -2.18. The van der Waals surface area contributed by atoms with Gasteiger partial charge >= 0.3 is 0 Å². The van der Waals surface area contributed by atoms with Crippen LogP contribution in [0.1, 0.15) is 112 Å². The van der Waals surface area contributed by atoms with Gasteiger partial charge in [0.25, 0.3) is 0 Å². The Bertz CT molecular complexity index is 2460. The number of nitrogens with zero attached hydrogens (tertiary/aromatic N) is 5. The fourth-order valence-corrected chi connectivity index (χ4v) is 9.62. The summed E-state index contributed by atoms with van der Waals surface area (Å²) in [5.74, 6) is 1.81. The molecule has 1 rings (SSSR count). The maximum absolute atomic E-state index is 11.6. The average molecular weight is 1350 g/mol. The van der Waals surface area contributed by atoms with Crippen molar-refractivity contribution in [3.8, 4) is 30.3 Å². The molecule has 2 atom stereocenters. The number of nitriles is 5. The second-order valence-corrected chi connectivity index (χ2v) is 30.4. The highest BCUT2D eigenvalue weighted by molar-refractivity contribution is 7.92. The van der Waals surface area contributed by atoms with Crippen molar-refractivity contribution in [1.29, 1.82) is 26.3 Å². The molecule has 0 spiro atoms. The largest absolute Gasteiger partial charge is 0.385 e. The number of benzene rings is 1. The van der Waals surface area contributed by atoms with Crippen LogP contribution < -0.4 is 0 Å². The highest BCUT2D eigenvalue weighted by atomic mass is 32.2. The van der Waals surface area contributed by atoms with Crippen molar-refractivity contribution in [2.24, 2.45) is 0 Å². The van der Waals surface area contributed by atoms with E-state index in [1.165, 1.54) is 27.6 Å². The maximum Gasteiger partial charge on any atom is 0.154 e. The fraction of sp³-hybridized carbons (Fsp3) is 0.807. The van der Waals surface area contributed by atoms with E-state index in [2.05, 4.69) is 18.9 Å². The van der Waals surface area contributed by atoms with Crippen LogP contribution in [0.3, 0.4) is 0 Å². The molecule has 30 heteroatoms. The third-order valence-electron chi connectivity index (χ3n) is 9.68. The van der Waals surface area contributed by atoms with Crippen molar-refractivity contribution in [3.63, 3.8) is 0 Å². The van der Waals surface area contributed by atoms with Crippen LogP contribution in [0.4, 0.5) is 0 Å². The first-order valence-electron chi connectivity index (χ1n) is 27.5. The normalized spacial score (nSPS) is 11.3. The molecule has 0 aliphatic heterocycles. The molecule has 0 bridgehead atoms. The second-order valence-electron chi connectivity index (χ2n) is 18.5. The van der Waals surface area contributed by atoms with E-state index < -0.39 is 54.8 Å². The Hall–Kier alpha value is -3.98. The topological polar surface area (TPSA) is 382 Å². The van der Waals surface area contributed by atoms with Gasteiger partial charge in [-0.25, -0.2) is 42.1 Å². The number of hydrogen-bond acceptors (Lipinski definition) is 25. The predicted molar refractivity (Wildman–Crippen MR) is 343 cm³/mol. The molecule has 0 aliphatic carbocycles. The van der Waals surface area contributed by atoms with Gasteiger partial charge in [0.05, 0.1) is 95.7 Å². The standard InChI is InChI=1S/C11H16O3S.2C7H16O3S.C6H14O3S.2C5H9NO.C5H12O3S.2C4H7NO.C3H5NO/c1-14-8-5-9-15(12,13)10-11-6-3-2-4-7-11;1-7(2)11(8,9)6-4-5-10-3;1-3-6-11(8,9)7-4-5-10-2;1-3-10(7,8)6-4-5-9-2;1-5(2,4-6)7-3;1-5(7-2)3-4-6;1-8-4-3-5-9(2,6)7;1-4(3-5)6-2;1-6-4-2-3-5;1-5-3-2-4/h2-4,6-7H,5,8-10H2,1H3;7H,4-6H2,1-3H3;3-7H2,1-2H3;3-6H2,1-2H3;1-3H3;5H,3H2,1-2H3;3-5H2,1-2H3;4H,1-2H3;2,4H2,1H3;3H2,1H3. The molecule has 0 saturated carbocycles. The molecule has 0 heterocycles. The van der Waals surface area contributed by atoms with Crippen molar-refractivity contribution in [3.05, 3.63) is 35.9 Å². The molecule has 87 heavy (non-hydrogen) atoms. The summed E-state index contributed by atoms with van der Waals surface area (Å²) in [6.45, 7) is 17.2. The Kier molecular flexibility index (Phi) is 83.3. The summed E-state index contributed by atoms with van der Waals surface area (Å²) in [6.07, 6.45) is 5.70. The minimum atomic E-state index is -2.99. The Morgan fingerprint density at radius 3 is 1.15 bits per heavy atom. The highest BCUT2D eigenvalue weighted by Gasteiger charge is 2.15. The molecule has 0 aliphatic rings. The summed E-state index contributed by atoms with van der Waals surface area (Å²) >= 11 is 0. The lowest BCUT2D eigenvalue weighted by Gasteiger charge is -2.10. The van der Waals surface area contributed by atoms with Gasteiger partial charge in [0.1, 0.15) is 47.8 Å². The number of rotatable bonds is 33. The molecule has 1 aromatic rings. The summed E-state index contributed by atoms with van der Waals surface area (Å²) in [5, 5.41) is 39.5. The van der Waals surface area contributed by atoms with Gasteiger partial charge in [-0.1, -0.05) is 44.2 Å². The van der Waals surface area contributed by atoms with Gasteiger partial charge in [0.15, 0.2) is 19.7 Å². The molecule has 0 N–H and O–H groups in total. The second kappa shape index (κ2) is 71.1. The SMILES string of the molecule is CCCS(=O)(=O)CCCOC.CCS(=O)(=O)CCCOC.COC(C)(C)C#N.COC(C)C#N.COC(C)CC#N.COCC#N.COCCC#N.COCCCS(=O)(=O)C(C)C.COCCCS(=O)(=O)Cc1ccccc1.COCCCS(C)(=O)=O. The third kappa shape index (κ3) is 101. The Labute approximate surface area is 527 Å². The van der Waals surface area contributed by atoms with E-state index in [0.29, 0.717) is 96.8 Å². The quantitative estimate of drug-likeness (QED) is 0.0640. The van der Waals surface area contributed by atoms with Gasteiger partial charge in [-0.3, -0.25) is 0 Å². The zero-order chi connectivity index (χ0) is 69.7. The summed E-state index contributed by atoms with van der Waals surface area (Å²) in [6, 6.07) is 18.8. The summed E-state index contributed by atoms with van der Waals surface area (Å²) in [4.78, 5) is 0. The molecule has 0 aromatic heterocycles. The lowest BCUT2D eigenvalue weighted by molar-refractivity contribution is 0.0722. The fourth-order valence-electron chi connectivity index (χ4n) is 4.36. The Morgan fingerprint density at radius 2 is 0.908 bits per heavy atom. The molecule has 0 fully saturated rings. The van der Waals surface area contributed by atoms with Gasteiger partial charge in [-0.2, -0.15) is 26.3 Å². The van der Waals surface area contributed by atoms with Crippen LogP contribution in [0.2, 0.25) is 0 Å². The first-order valence-corrected chi connectivity index (χ1v) is 36.8. The van der Waals surface area contributed by atoms with Crippen molar-refractivity contribution in [2.75, 3.05) is 164 Å². The van der Waals surface area contributed by atoms with Gasteiger partial charge < -0.3 is 47.4 Å². The molecule has 0 radical (unpaired) electrons. The lowest BCUT2D eigenvalue weighted by atomic mass is 10.2. The van der Waals surface area contributed by atoms with E-state index in [-0.39, 0.29) is 64.3 Å². The van der Waals surface area contributed by atoms with Crippen LogP contribution in [0.5, 0.6) is 0 Å². The van der Waals surface area contributed by atoms with E-state index in [9.17, 15) is 42.1 Å². The Morgan fingerprint density at radius 1 is 0.494 bits per heavy atom. The number of ether oxygens (including phenoxy) is 10. The van der Waals surface area contributed by atoms with E-state index in [4.69, 9.17) is 54.7 Å². The summed E-state index contributed by atoms with van der Waals surface area (Å²) in [7, 11) is 1.37. The van der Waals surface area contributed by atoms with Crippen LogP contribution in [-0.4, -0.2) is 229 Å². The predicted octanol–water partition coefficient (Wildman–Crippen LogP) is 6.97. The van der Waals surface area contributed by atoms with Crippen LogP contribution in [-0.2, 0) is 102 Å².